The molecule has 0 saturated carbocycles. The van der Waals surface area contributed by atoms with E-state index in [0.717, 1.165) is 0 Å². The lowest BCUT2D eigenvalue weighted by atomic mass is 10.0. The van der Waals surface area contributed by atoms with E-state index in [-0.39, 0.29) is 24.5 Å². The van der Waals surface area contributed by atoms with Crippen molar-refractivity contribution in [3.63, 3.8) is 0 Å². The highest BCUT2D eigenvalue weighted by atomic mass is 35.5. The molecule has 1 N–H and O–H groups in total. The average Bonchev–Trinajstić information content (AvgIpc) is 2.68. The normalized spacial score (nSPS) is 19.0. The molecule has 0 bridgehead atoms. The van der Waals surface area contributed by atoms with Gasteiger partial charge in [-0.2, -0.15) is 0 Å². The number of anilines is 1. The molecular formula is C12H15ClN4O3. The number of aromatic nitrogens is 2. The molecule has 0 spiro atoms. The molecule has 0 aromatic carbocycles. The first-order chi connectivity index (χ1) is 9.40. The maximum absolute atomic E-state index is 12.3. The molecule has 0 aliphatic carbocycles. The van der Waals surface area contributed by atoms with Crippen LogP contribution in [0.5, 0.6) is 0 Å². The molecule has 108 valence electrons. The summed E-state index contributed by atoms with van der Waals surface area (Å²) in [5.41, 5.74) is 0. The van der Waals surface area contributed by atoms with E-state index in [4.69, 9.17) is 16.7 Å². The topological polar surface area (TPSA) is 86.6 Å². The zero-order valence-corrected chi connectivity index (χ0v) is 11.9. The highest BCUT2D eigenvalue weighted by Crippen LogP contribution is 2.25. The Labute approximate surface area is 121 Å². The van der Waals surface area contributed by atoms with Gasteiger partial charge in [0, 0.05) is 0 Å². The maximum Gasteiger partial charge on any atom is 0.327 e. The predicted octanol–water partition coefficient (Wildman–Crippen LogP) is 1.48. The standard InChI is InChI=1S/C12H15ClN4O3/c1-7(2)9-5-17(11-14-3-8(13)4-15-11)12(20)16(9)6-10(18)19/h3-4,7,9H,5-6H2,1-2H3,(H,18,19)/t9-/m1/s1. The van der Waals surface area contributed by atoms with Gasteiger partial charge in [0.2, 0.25) is 5.95 Å². The fourth-order valence-corrected chi connectivity index (χ4v) is 2.27. The minimum absolute atomic E-state index is 0.135. The van der Waals surface area contributed by atoms with Crippen LogP contribution < -0.4 is 4.90 Å². The first kappa shape index (κ1) is 14.5. The number of halogens is 1. The van der Waals surface area contributed by atoms with Crippen molar-refractivity contribution in [2.24, 2.45) is 5.92 Å². The van der Waals surface area contributed by atoms with E-state index in [0.29, 0.717) is 11.6 Å². The van der Waals surface area contributed by atoms with Gasteiger partial charge >= 0.3 is 12.0 Å². The number of carboxylic acid groups (broad SMARTS) is 1. The summed E-state index contributed by atoms with van der Waals surface area (Å²) in [5, 5.41) is 9.30. The predicted molar refractivity (Wildman–Crippen MR) is 72.8 cm³/mol. The first-order valence-corrected chi connectivity index (χ1v) is 6.55. The molecule has 1 saturated heterocycles. The number of carbonyl (C=O) groups is 2. The molecule has 1 aliphatic heterocycles. The maximum atomic E-state index is 12.3. The van der Waals surface area contributed by atoms with E-state index in [1.165, 1.54) is 22.2 Å². The summed E-state index contributed by atoms with van der Waals surface area (Å²) in [7, 11) is 0. The first-order valence-electron chi connectivity index (χ1n) is 6.17. The van der Waals surface area contributed by atoms with Gasteiger partial charge in [0.15, 0.2) is 0 Å². The second kappa shape index (κ2) is 5.62. The molecule has 0 unspecified atom stereocenters. The van der Waals surface area contributed by atoms with E-state index in [1.807, 2.05) is 13.8 Å². The zero-order chi connectivity index (χ0) is 14.9. The number of carboxylic acids is 1. The van der Waals surface area contributed by atoms with Crippen molar-refractivity contribution in [3.8, 4) is 0 Å². The van der Waals surface area contributed by atoms with Crippen molar-refractivity contribution in [2.75, 3.05) is 18.0 Å². The van der Waals surface area contributed by atoms with Crippen molar-refractivity contribution >= 4 is 29.5 Å². The van der Waals surface area contributed by atoms with Gasteiger partial charge in [-0.05, 0) is 5.92 Å². The van der Waals surface area contributed by atoms with Crippen LogP contribution in [-0.4, -0.2) is 51.1 Å². The molecule has 2 amide bonds. The number of hydrogen-bond acceptors (Lipinski definition) is 4. The van der Waals surface area contributed by atoms with Gasteiger partial charge in [0.25, 0.3) is 0 Å². The van der Waals surface area contributed by atoms with Crippen LogP contribution in [-0.2, 0) is 4.79 Å². The SMILES string of the molecule is CC(C)[C@H]1CN(c2ncc(Cl)cn2)C(=O)N1CC(=O)O. The molecule has 1 atom stereocenters. The number of aliphatic carboxylic acids is 1. The zero-order valence-electron chi connectivity index (χ0n) is 11.2. The molecule has 8 heteroatoms. The van der Waals surface area contributed by atoms with Gasteiger partial charge in [-0.15, -0.1) is 0 Å². The van der Waals surface area contributed by atoms with E-state index in [9.17, 15) is 9.59 Å². The molecular weight excluding hydrogens is 284 g/mol. The fraction of sp³-hybridized carbons (Fsp3) is 0.500. The van der Waals surface area contributed by atoms with Crippen LogP contribution in [0.15, 0.2) is 12.4 Å². The van der Waals surface area contributed by atoms with Crippen LogP contribution in [0.25, 0.3) is 0 Å². The van der Waals surface area contributed by atoms with Gasteiger partial charge in [0.1, 0.15) is 6.54 Å². The molecule has 1 aromatic heterocycles. The third kappa shape index (κ3) is 2.82. The summed E-state index contributed by atoms with van der Waals surface area (Å²) in [6.07, 6.45) is 2.81. The molecule has 0 radical (unpaired) electrons. The molecule has 2 rings (SSSR count). The third-order valence-corrected chi connectivity index (χ3v) is 3.37. The minimum Gasteiger partial charge on any atom is -0.480 e. The van der Waals surface area contributed by atoms with Crippen LogP contribution in [0.1, 0.15) is 13.8 Å². The molecule has 1 fully saturated rings. The molecule has 2 heterocycles. The Morgan fingerprint density at radius 2 is 2.10 bits per heavy atom. The summed E-state index contributed by atoms with van der Waals surface area (Å²) < 4.78 is 0. The summed E-state index contributed by atoms with van der Waals surface area (Å²) in [6.45, 7) is 3.93. The van der Waals surface area contributed by atoms with Crippen LogP contribution in [0.4, 0.5) is 10.7 Å². The molecule has 1 aliphatic rings. The Morgan fingerprint density at radius 3 is 2.60 bits per heavy atom. The monoisotopic (exact) mass is 298 g/mol. The fourth-order valence-electron chi connectivity index (χ4n) is 2.17. The van der Waals surface area contributed by atoms with Crippen LogP contribution in [0.3, 0.4) is 0 Å². The quantitative estimate of drug-likeness (QED) is 0.910. The van der Waals surface area contributed by atoms with Crippen molar-refractivity contribution in [3.05, 3.63) is 17.4 Å². The Morgan fingerprint density at radius 1 is 1.50 bits per heavy atom. The number of urea groups is 1. The lowest BCUT2D eigenvalue weighted by molar-refractivity contribution is -0.138. The largest absolute Gasteiger partial charge is 0.480 e. The second-order valence-corrected chi connectivity index (χ2v) is 5.36. The number of amides is 2. The van der Waals surface area contributed by atoms with Gasteiger partial charge in [0.05, 0.1) is 30.0 Å². The molecule has 7 nitrogen and oxygen atoms in total. The van der Waals surface area contributed by atoms with Gasteiger partial charge in [-0.25, -0.2) is 14.8 Å². The highest BCUT2D eigenvalue weighted by molar-refractivity contribution is 6.30. The van der Waals surface area contributed by atoms with Crippen LogP contribution >= 0.6 is 11.6 Å². The smallest absolute Gasteiger partial charge is 0.327 e. The summed E-state index contributed by atoms with van der Waals surface area (Å²) in [6, 6.07) is -0.577. The molecule has 1 aromatic rings. The average molecular weight is 299 g/mol. The van der Waals surface area contributed by atoms with E-state index >= 15 is 0 Å². The van der Waals surface area contributed by atoms with E-state index in [2.05, 4.69) is 9.97 Å². The lowest BCUT2D eigenvalue weighted by Crippen LogP contribution is -2.41. The number of carbonyl (C=O) groups excluding carboxylic acids is 1. The van der Waals surface area contributed by atoms with E-state index < -0.39 is 12.0 Å². The van der Waals surface area contributed by atoms with E-state index in [1.54, 1.807) is 0 Å². The van der Waals surface area contributed by atoms with Crippen molar-refractivity contribution in [1.29, 1.82) is 0 Å². The Hall–Kier alpha value is -1.89. The molecule has 20 heavy (non-hydrogen) atoms. The third-order valence-electron chi connectivity index (χ3n) is 3.17. The number of rotatable bonds is 4. The van der Waals surface area contributed by atoms with Crippen LogP contribution in [0.2, 0.25) is 5.02 Å². The highest BCUT2D eigenvalue weighted by Gasteiger charge is 2.41. The Kier molecular flexibility index (Phi) is 4.08. The van der Waals surface area contributed by atoms with Gasteiger partial charge in [-0.1, -0.05) is 25.4 Å². The Balaban J connectivity index is 2.26. The Bertz CT molecular complexity index is 520. The van der Waals surface area contributed by atoms with Crippen LogP contribution in [0, 0.1) is 5.92 Å². The van der Waals surface area contributed by atoms with Gasteiger partial charge < -0.3 is 10.0 Å². The summed E-state index contributed by atoms with van der Waals surface area (Å²) >= 11 is 5.71. The van der Waals surface area contributed by atoms with Gasteiger partial charge in [-0.3, -0.25) is 9.69 Å². The minimum atomic E-state index is -1.04. The van der Waals surface area contributed by atoms with Crippen molar-refractivity contribution < 1.29 is 14.7 Å². The summed E-state index contributed by atoms with van der Waals surface area (Å²) in [4.78, 5) is 33.9. The second-order valence-electron chi connectivity index (χ2n) is 4.93. The van der Waals surface area contributed by atoms with Crippen molar-refractivity contribution in [1.82, 2.24) is 14.9 Å². The summed E-state index contributed by atoms with van der Waals surface area (Å²) in [5.74, 6) is -0.670. The van der Waals surface area contributed by atoms with Crippen molar-refractivity contribution in [2.45, 2.75) is 19.9 Å². The number of nitrogens with zero attached hydrogens (tertiary/aromatic N) is 4. The lowest BCUT2D eigenvalue weighted by Gasteiger charge is -2.23. The number of hydrogen-bond donors (Lipinski definition) is 1.